The zero-order chi connectivity index (χ0) is 22.2. The van der Waals surface area contributed by atoms with E-state index in [9.17, 15) is 4.79 Å². The van der Waals surface area contributed by atoms with Crippen LogP contribution in [0.15, 0.2) is 97.2 Å². The van der Waals surface area contributed by atoms with Crippen molar-refractivity contribution in [3.05, 3.63) is 119 Å². The molecule has 0 unspecified atom stereocenters. The summed E-state index contributed by atoms with van der Waals surface area (Å²) in [5, 5.41) is 6.98. The number of nitrogen functional groups attached to an aromatic ring is 1. The summed E-state index contributed by atoms with van der Waals surface area (Å²) in [6.07, 6.45) is 2.32. The van der Waals surface area contributed by atoms with E-state index in [-0.39, 0.29) is 0 Å². The maximum Gasteiger partial charge on any atom is 0.207 e. The molecule has 3 aromatic carbocycles. The van der Waals surface area contributed by atoms with Crippen molar-refractivity contribution in [1.82, 2.24) is 15.1 Å². The van der Waals surface area contributed by atoms with Gasteiger partial charge in [0, 0.05) is 12.1 Å². The number of nitrogens with two attached hydrogens (primary N) is 1. The molecule has 3 N–H and O–H groups in total. The number of aromatic nitrogens is 2. The van der Waals surface area contributed by atoms with E-state index in [0.717, 1.165) is 22.3 Å². The number of anilines is 1. The SMILES string of the molecule is Nc1c(CNC=O)cnn1CCOC(c1ccccc1)(c1ccccc1)c1ccccc1. The molecular formula is C26H26N4O2. The minimum absolute atomic E-state index is 0.345. The van der Waals surface area contributed by atoms with Crippen LogP contribution in [-0.4, -0.2) is 22.8 Å². The molecule has 0 saturated heterocycles. The Morgan fingerprint density at radius 1 is 0.875 bits per heavy atom. The first-order valence-electron chi connectivity index (χ1n) is 10.5. The van der Waals surface area contributed by atoms with E-state index in [1.807, 2.05) is 54.6 Å². The van der Waals surface area contributed by atoms with E-state index in [1.165, 1.54) is 0 Å². The van der Waals surface area contributed by atoms with Crippen LogP contribution < -0.4 is 11.1 Å². The fraction of sp³-hybridized carbons (Fsp3) is 0.154. The molecule has 0 fully saturated rings. The first kappa shape index (κ1) is 21.3. The molecule has 1 aromatic heterocycles. The Morgan fingerprint density at radius 2 is 1.38 bits per heavy atom. The van der Waals surface area contributed by atoms with E-state index >= 15 is 0 Å². The molecule has 0 aliphatic rings. The number of ether oxygens (including phenoxy) is 1. The number of nitrogens with zero attached hydrogens (tertiary/aromatic N) is 2. The highest BCUT2D eigenvalue weighted by molar-refractivity contribution is 5.49. The number of rotatable bonds is 10. The summed E-state index contributed by atoms with van der Waals surface area (Å²) in [5.41, 5.74) is 9.34. The maximum absolute atomic E-state index is 10.6. The van der Waals surface area contributed by atoms with E-state index in [1.54, 1.807) is 10.9 Å². The van der Waals surface area contributed by atoms with Gasteiger partial charge in [0.05, 0.1) is 19.3 Å². The molecule has 6 heteroatoms. The molecule has 0 bridgehead atoms. The molecule has 1 heterocycles. The number of nitrogens with one attached hydrogen (secondary N) is 1. The number of amides is 1. The van der Waals surface area contributed by atoms with Crippen molar-refractivity contribution >= 4 is 12.2 Å². The lowest BCUT2D eigenvalue weighted by atomic mass is 9.80. The number of hydrogen-bond acceptors (Lipinski definition) is 4. The molecule has 0 aliphatic carbocycles. The Hall–Kier alpha value is -3.90. The summed E-state index contributed by atoms with van der Waals surface area (Å²) in [6.45, 7) is 1.20. The summed E-state index contributed by atoms with van der Waals surface area (Å²) >= 11 is 0. The molecule has 0 spiro atoms. The third kappa shape index (κ3) is 4.26. The van der Waals surface area contributed by atoms with Crippen LogP contribution in [0.2, 0.25) is 0 Å². The van der Waals surface area contributed by atoms with Crippen molar-refractivity contribution in [1.29, 1.82) is 0 Å². The van der Waals surface area contributed by atoms with Crippen LogP contribution in [-0.2, 0) is 28.2 Å². The van der Waals surface area contributed by atoms with E-state index < -0.39 is 5.60 Å². The number of carbonyl (C=O) groups excluding carboxylic acids is 1. The Labute approximate surface area is 187 Å². The normalized spacial score (nSPS) is 11.2. The fourth-order valence-electron chi connectivity index (χ4n) is 3.95. The highest BCUT2D eigenvalue weighted by atomic mass is 16.5. The average molecular weight is 427 g/mol. The summed E-state index contributed by atoms with van der Waals surface area (Å²) in [6, 6.07) is 30.7. The van der Waals surface area contributed by atoms with Crippen molar-refractivity contribution in [2.24, 2.45) is 0 Å². The van der Waals surface area contributed by atoms with Gasteiger partial charge in [-0.2, -0.15) is 5.10 Å². The molecule has 32 heavy (non-hydrogen) atoms. The first-order valence-corrected chi connectivity index (χ1v) is 10.5. The van der Waals surface area contributed by atoms with Crippen LogP contribution in [0.4, 0.5) is 5.82 Å². The van der Waals surface area contributed by atoms with Gasteiger partial charge in [0.25, 0.3) is 0 Å². The highest BCUT2D eigenvalue weighted by Gasteiger charge is 2.37. The van der Waals surface area contributed by atoms with Gasteiger partial charge in [-0.25, -0.2) is 4.68 Å². The van der Waals surface area contributed by atoms with Crippen molar-refractivity contribution in [2.45, 2.75) is 18.7 Å². The van der Waals surface area contributed by atoms with Gasteiger partial charge in [-0.3, -0.25) is 4.79 Å². The van der Waals surface area contributed by atoms with Crippen LogP contribution in [0.25, 0.3) is 0 Å². The maximum atomic E-state index is 10.6. The van der Waals surface area contributed by atoms with Gasteiger partial charge in [0.1, 0.15) is 11.4 Å². The predicted molar refractivity (Wildman–Crippen MR) is 125 cm³/mol. The molecule has 4 rings (SSSR count). The molecule has 162 valence electrons. The highest BCUT2D eigenvalue weighted by Crippen LogP contribution is 2.40. The third-order valence-corrected chi connectivity index (χ3v) is 5.50. The minimum atomic E-state index is -0.784. The molecular weight excluding hydrogens is 400 g/mol. The topological polar surface area (TPSA) is 82.2 Å². The van der Waals surface area contributed by atoms with Gasteiger partial charge in [0.15, 0.2) is 0 Å². The lowest BCUT2D eigenvalue weighted by Gasteiger charge is -2.36. The summed E-state index contributed by atoms with van der Waals surface area (Å²) < 4.78 is 8.45. The molecule has 0 radical (unpaired) electrons. The summed E-state index contributed by atoms with van der Waals surface area (Å²) in [5.74, 6) is 0.521. The predicted octanol–water partition coefficient (Wildman–Crippen LogP) is 3.72. The summed E-state index contributed by atoms with van der Waals surface area (Å²) in [7, 11) is 0. The van der Waals surface area contributed by atoms with Crippen LogP contribution in [0.1, 0.15) is 22.3 Å². The van der Waals surface area contributed by atoms with Gasteiger partial charge in [-0.05, 0) is 16.7 Å². The van der Waals surface area contributed by atoms with E-state index in [4.69, 9.17) is 10.5 Å². The average Bonchev–Trinajstić information content (AvgIpc) is 3.21. The van der Waals surface area contributed by atoms with Crippen LogP contribution in [0.3, 0.4) is 0 Å². The number of benzene rings is 3. The lowest BCUT2D eigenvalue weighted by molar-refractivity contribution is -0.109. The van der Waals surface area contributed by atoms with Gasteiger partial charge in [-0.1, -0.05) is 91.0 Å². The molecule has 0 atom stereocenters. The Bertz CT molecular complexity index is 1030. The third-order valence-electron chi connectivity index (χ3n) is 5.50. The molecule has 0 saturated carbocycles. The molecule has 0 aliphatic heterocycles. The minimum Gasteiger partial charge on any atom is -0.384 e. The van der Waals surface area contributed by atoms with E-state index in [2.05, 4.69) is 46.8 Å². The quantitative estimate of drug-likeness (QED) is 0.299. The summed E-state index contributed by atoms with van der Waals surface area (Å²) in [4.78, 5) is 10.6. The van der Waals surface area contributed by atoms with Crippen molar-refractivity contribution < 1.29 is 9.53 Å². The van der Waals surface area contributed by atoms with Crippen molar-refractivity contribution in [3.8, 4) is 0 Å². The second kappa shape index (κ2) is 9.94. The smallest absolute Gasteiger partial charge is 0.207 e. The largest absolute Gasteiger partial charge is 0.384 e. The standard InChI is InChI=1S/C26H26N4O2/c27-25-21(18-28-20-31)19-29-30(25)16-17-32-26(22-10-4-1-5-11-22,23-12-6-2-7-13-23)24-14-8-3-9-15-24/h1-15,19-20H,16-18,27H2,(H,28,31). The van der Waals surface area contributed by atoms with E-state index in [0.29, 0.717) is 31.9 Å². The monoisotopic (exact) mass is 426 g/mol. The lowest BCUT2D eigenvalue weighted by Crippen LogP contribution is -2.34. The zero-order valence-electron chi connectivity index (χ0n) is 17.7. The van der Waals surface area contributed by atoms with Gasteiger partial charge < -0.3 is 15.8 Å². The Balaban J connectivity index is 1.69. The van der Waals surface area contributed by atoms with Crippen LogP contribution in [0, 0.1) is 0 Å². The number of hydrogen-bond donors (Lipinski definition) is 2. The van der Waals surface area contributed by atoms with Crippen molar-refractivity contribution in [2.75, 3.05) is 12.3 Å². The molecule has 4 aromatic rings. The molecule has 1 amide bonds. The number of carbonyl (C=O) groups is 1. The first-order chi connectivity index (χ1) is 15.8. The van der Waals surface area contributed by atoms with Gasteiger partial charge in [-0.15, -0.1) is 0 Å². The van der Waals surface area contributed by atoms with Gasteiger partial charge in [0.2, 0.25) is 6.41 Å². The molecule has 6 nitrogen and oxygen atoms in total. The van der Waals surface area contributed by atoms with Gasteiger partial charge >= 0.3 is 0 Å². The second-order valence-electron chi connectivity index (χ2n) is 7.40. The van der Waals surface area contributed by atoms with Crippen LogP contribution in [0.5, 0.6) is 0 Å². The Kier molecular flexibility index (Phi) is 6.63. The Morgan fingerprint density at radius 3 is 1.84 bits per heavy atom. The second-order valence-corrected chi connectivity index (χ2v) is 7.40. The van der Waals surface area contributed by atoms with Crippen molar-refractivity contribution in [3.63, 3.8) is 0 Å². The fourth-order valence-corrected chi connectivity index (χ4v) is 3.95. The van der Waals surface area contributed by atoms with Crippen LogP contribution >= 0.6 is 0 Å². The zero-order valence-corrected chi connectivity index (χ0v) is 17.7.